The summed E-state index contributed by atoms with van der Waals surface area (Å²) in [4.78, 5) is 18.1. The van der Waals surface area contributed by atoms with Crippen LogP contribution in [0.25, 0.3) is 0 Å². The minimum atomic E-state index is -0.246. The molecule has 0 spiro atoms. The van der Waals surface area contributed by atoms with Crippen LogP contribution in [0.3, 0.4) is 0 Å². The van der Waals surface area contributed by atoms with Crippen molar-refractivity contribution in [2.24, 2.45) is 5.73 Å². The number of methoxy groups -OCH3 is 2. The van der Waals surface area contributed by atoms with E-state index in [2.05, 4.69) is 4.98 Å². The smallest absolute Gasteiger partial charge is 0.224 e. The summed E-state index contributed by atoms with van der Waals surface area (Å²) in [6, 6.07) is 5.03. The summed E-state index contributed by atoms with van der Waals surface area (Å²) in [6.45, 7) is 1.01. The molecule has 6 nitrogen and oxygen atoms in total. The number of ether oxygens (including phenoxy) is 2. The zero-order valence-corrected chi connectivity index (χ0v) is 11.2. The molecule has 1 fully saturated rings. The molecule has 1 aliphatic rings. The molecule has 0 radical (unpaired) electrons. The van der Waals surface area contributed by atoms with Gasteiger partial charge in [-0.05, 0) is 6.07 Å². The zero-order valence-electron chi connectivity index (χ0n) is 11.2. The van der Waals surface area contributed by atoms with Crippen LogP contribution < -0.4 is 10.5 Å². The number of nitrogens with zero attached hydrogens (tertiary/aromatic N) is 2. The first-order chi connectivity index (χ1) is 9.17. The van der Waals surface area contributed by atoms with Gasteiger partial charge >= 0.3 is 0 Å². The third kappa shape index (κ3) is 2.85. The molecule has 2 rings (SSSR count). The van der Waals surface area contributed by atoms with Gasteiger partial charge in [-0.25, -0.2) is 4.98 Å². The Hall–Kier alpha value is -1.66. The summed E-state index contributed by atoms with van der Waals surface area (Å²) in [6.07, 6.45) is 0.341. The van der Waals surface area contributed by atoms with E-state index >= 15 is 0 Å². The van der Waals surface area contributed by atoms with Crippen molar-refractivity contribution >= 4 is 5.91 Å². The first kappa shape index (κ1) is 13.8. The lowest BCUT2D eigenvalue weighted by atomic mass is 10.1. The summed E-state index contributed by atoms with van der Waals surface area (Å²) in [5, 5.41) is 0. The van der Waals surface area contributed by atoms with Gasteiger partial charge in [-0.2, -0.15) is 0 Å². The second-order valence-electron chi connectivity index (χ2n) is 4.50. The predicted octanol–water partition coefficient (Wildman–Crippen LogP) is 0.337. The fraction of sp³-hybridized carbons (Fsp3) is 0.538. The van der Waals surface area contributed by atoms with Crippen LogP contribution in [0.15, 0.2) is 18.2 Å². The summed E-state index contributed by atoms with van der Waals surface area (Å²) in [5.74, 6) is 0.565. The molecule has 104 valence electrons. The van der Waals surface area contributed by atoms with Crippen LogP contribution in [0, 0.1) is 0 Å². The number of pyridine rings is 1. The van der Waals surface area contributed by atoms with Crippen LogP contribution in [0.2, 0.25) is 0 Å². The Balaban J connectivity index is 2.25. The molecule has 1 aliphatic heterocycles. The Labute approximate surface area is 112 Å². The molecule has 0 aliphatic carbocycles. The quantitative estimate of drug-likeness (QED) is 0.830. The molecule has 2 unspecified atom stereocenters. The lowest BCUT2D eigenvalue weighted by molar-refractivity contribution is -0.129. The number of hydrogen-bond donors (Lipinski definition) is 1. The first-order valence-electron chi connectivity index (χ1n) is 6.22. The zero-order chi connectivity index (χ0) is 13.8. The fourth-order valence-corrected chi connectivity index (χ4v) is 2.36. The van der Waals surface area contributed by atoms with Crippen LogP contribution in [0.4, 0.5) is 0 Å². The summed E-state index contributed by atoms with van der Waals surface area (Å²) in [7, 11) is 3.17. The molecule has 6 heteroatoms. The Bertz CT molecular complexity index is 453. The highest BCUT2D eigenvalue weighted by Gasteiger charge is 2.39. The van der Waals surface area contributed by atoms with E-state index in [-0.39, 0.29) is 18.0 Å². The maximum Gasteiger partial charge on any atom is 0.224 e. The van der Waals surface area contributed by atoms with E-state index < -0.39 is 0 Å². The molecule has 0 aromatic carbocycles. The molecule has 2 N–H and O–H groups in total. The summed E-state index contributed by atoms with van der Waals surface area (Å²) < 4.78 is 10.1. The topological polar surface area (TPSA) is 77.7 Å². The Morgan fingerprint density at radius 1 is 1.47 bits per heavy atom. The van der Waals surface area contributed by atoms with Crippen molar-refractivity contribution in [2.45, 2.75) is 18.5 Å². The number of aromatic nitrogens is 1. The van der Waals surface area contributed by atoms with Crippen molar-refractivity contribution in [1.29, 1.82) is 0 Å². The number of nitrogens with two attached hydrogens (primary N) is 1. The molecule has 19 heavy (non-hydrogen) atoms. The van der Waals surface area contributed by atoms with Crippen LogP contribution in [0.5, 0.6) is 5.88 Å². The Kier molecular flexibility index (Phi) is 4.34. The number of hydrogen-bond acceptors (Lipinski definition) is 5. The second kappa shape index (κ2) is 5.99. The van der Waals surface area contributed by atoms with Crippen molar-refractivity contribution in [1.82, 2.24) is 9.88 Å². The number of rotatable bonds is 5. The molecule has 1 aromatic heterocycles. The monoisotopic (exact) mass is 265 g/mol. The van der Waals surface area contributed by atoms with E-state index in [9.17, 15) is 4.79 Å². The van der Waals surface area contributed by atoms with Gasteiger partial charge in [-0.1, -0.05) is 6.07 Å². The van der Waals surface area contributed by atoms with Crippen molar-refractivity contribution in [3.8, 4) is 5.88 Å². The van der Waals surface area contributed by atoms with E-state index in [1.807, 2.05) is 12.1 Å². The SMILES string of the molecule is COCCN1C(=O)CC(N)C1c1cccc(OC)n1. The summed E-state index contributed by atoms with van der Waals surface area (Å²) in [5.41, 5.74) is 6.83. The number of carbonyl (C=O) groups excluding carboxylic acids is 1. The van der Waals surface area contributed by atoms with E-state index in [1.165, 1.54) is 0 Å². The number of carbonyl (C=O) groups is 1. The number of amides is 1. The highest BCUT2D eigenvalue weighted by molar-refractivity contribution is 5.80. The molecule has 1 aromatic rings. The van der Waals surface area contributed by atoms with Gasteiger partial charge in [-0.3, -0.25) is 4.79 Å². The minimum absolute atomic E-state index is 0.0409. The molecular formula is C13H19N3O3. The van der Waals surface area contributed by atoms with Gasteiger partial charge in [0.05, 0.1) is 25.5 Å². The summed E-state index contributed by atoms with van der Waals surface area (Å²) >= 11 is 0. The van der Waals surface area contributed by atoms with Crippen molar-refractivity contribution in [3.05, 3.63) is 23.9 Å². The highest BCUT2D eigenvalue weighted by atomic mass is 16.5. The largest absolute Gasteiger partial charge is 0.481 e. The molecular weight excluding hydrogens is 246 g/mol. The van der Waals surface area contributed by atoms with Gasteiger partial charge in [0.15, 0.2) is 0 Å². The fourth-order valence-electron chi connectivity index (χ4n) is 2.36. The Morgan fingerprint density at radius 3 is 2.95 bits per heavy atom. The highest BCUT2D eigenvalue weighted by Crippen LogP contribution is 2.31. The standard InChI is InChI=1S/C13H19N3O3/c1-18-7-6-16-12(17)8-9(14)13(16)10-4-3-5-11(15-10)19-2/h3-5,9,13H,6-8,14H2,1-2H3. The molecule has 2 atom stereocenters. The van der Waals surface area contributed by atoms with E-state index in [4.69, 9.17) is 15.2 Å². The third-order valence-electron chi connectivity index (χ3n) is 3.27. The van der Waals surface area contributed by atoms with E-state index in [0.717, 1.165) is 5.69 Å². The molecule has 1 amide bonds. The van der Waals surface area contributed by atoms with Gasteiger partial charge in [0.2, 0.25) is 11.8 Å². The lowest BCUT2D eigenvalue weighted by Crippen LogP contribution is -2.35. The second-order valence-corrected chi connectivity index (χ2v) is 4.50. The number of likely N-dealkylation sites (tertiary alicyclic amines) is 1. The van der Waals surface area contributed by atoms with Gasteiger partial charge < -0.3 is 20.1 Å². The van der Waals surface area contributed by atoms with E-state index in [0.29, 0.717) is 25.5 Å². The van der Waals surface area contributed by atoms with Crippen molar-refractivity contribution < 1.29 is 14.3 Å². The van der Waals surface area contributed by atoms with Crippen LogP contribution in [-0.2, 0) is 9.53 Å². The van der Waals surface area contributed by atoms with Crippen molar-refractivity contribution in [2.75, 3.05) is 27.4 Å². The normalized spacial score (nSPS) is 22.9. The van der Waals surface area contributed by atoms with Crippen LogP contribution in [-0.4, -0.2) is 49.2 Å². The van der Waals surface area contributed by atoms with E-state index in [1.54, 1.807) is 25.2 Å². The van der Waals surface area contributed by atoms with Crippen LogP contribution in [0.1, 0.15) is 18.2 Å². The predicted molar refractivity (Wildman–Crippen MR) is 69.7 cm³/mol. The molecule has 2 heterocycles. The minimum Gasteiger partial charge on any atom is -0.481 e. The van der Waals surface area contributed by atoms with Gasteiger partial charge in [0, 0.05) is 32.2 Å². The average molecular weight is 265 g/mol. The molecule has 1 saturated heterocycles. The average Bonchev–Trinajstić information content (AvgIpc) is 2.70. The van der Waals surface area contributed by atoms with Gasteiger partial charge in [0.1, 0.15) is 0 Å². The molecule has 0 saturated carbocycles. The maximum atomic E-state index is 12.0. The van der Waals surface area contributed by atoms with Crippen LogP contribution >= 0.6 is 0 Å². The van der Waals surface area contributed by atoms with Gasteiger partial charge in [-0.15, -0.1) is 0 Å². The molecule has 0 bridgehead atoms. The third-order valence-corrected chi connectivity index (χ3v) is 3.27. The maximum absolute atomic E-state index is 12.0. The Morgan fingerprint density at radius 2 is 2.26 bits per heavy atom. The lowest BCUT2D eigenvalue weighted by Gasteiger charge is -2.26. The van der Waals surface area contributed by atoms with Crippen molar-refractivity contribution in [3.63, 3.8) is 0 Å². The first-order valence-corrected chi connectivity index (χ1v) is 6.22. The van der Waals surface area contributed by atoms with Gasteiger partial charge in [0.25, 0.3) is 0 Å².